The Morgan fingerprint density at radius 1 is 1.19 bits per heavy atom. The monoisotopic (exact) mass is 396 g/mol. The normalized spacial score (nSPS) is 11.1. The van der Waals surface area contributed by atoms with Crippen molar-refractivity contribution in [2.24, 2.45) is 0 Å². The molecule has 140 valence electrons. The molecule has 6 nitrogen and oxygen atoms in total. The summed E-state index contributed by atoms with van der Waals surface area (Å²) in [5, 5.41) is 3.22. The molecule has 1 N–H and O–H groups in total. The zero-order chi connectivity index (χ0) is 19.3. The number of nitrogens with zero attached hydrogens (tertiary/aromatic N) is 1. The quantitative estimate of drug-likeness (QED) is 0.777. The van der Waals surface area contributed by atoms with Gasteiger partial charge >= 0.3 is 0 Å². The van der Waals surface area contributed by atoms with Crippen LogP contribution in [0.25, 0.3) is 0 Å². The number of amides is 1. The molecule has 0 unspecified atom stereocenters. The third-order valence-electron chi connectivity index (χ3n) is 3.66. The molecule has 8 heteroatoms. The second-order valence-corrected chi connectivity index (χ2v) is 7.94. The van der Waals surface area contributed by atoms with Crippen molar-refractivity contribution in [2.75, 3.05) is 29.0 Å². The first-order chi connectivity index (χ1) is 12.2. The molecule has 1 amide bonds. The number of ether oxygens (including phenoxy) is 1. The van der Waals surface area contributed by atoms with E-state index in [0.717, 1.165) is 10.6 Å². The van der Waals surface area contributed by atoms with Gasteiger partial charge in [0.15, 0.2) is 0 Å². The molecule has 26 heavy (non-hydrogen) atoms. The molecule has 0 saturated carbocycles. The first kappa shape index (κ1) is 20.1. The second kappa shape index (κ2) is 8.42. The maximum Gasteiger partial charge on any atom is 0.245 e. The summed E-state index contributed by atoms with van der Waals surface area (Å²) in [5.74, 6) is -0.0840. The lowest BCUT2D eigenvalue weighted by Gasteiger charge is -2.24. The van der Waals surface area contributed by atoms with Gasteiger partial charge in [-0.3, -0.25) is 9.10 Å². The summed E-state index contributed by atoms with van der Waals surface area (Å²) in [7, 11) is -3.70. The predicted molar refractivity (Wildman–Crippen MR) is 105 cm³/mol. The van der Waals surface area contributed by atoms with Gasteiger partial charge < -0.3 is 10.1 Å². The molecule has 0 atom stereocenters. The van der Waals surface area contributed by atoms with Gasteiger partial charge in [0.05, 0.1) is 18.6 Å². The average molecular weight is 397 g/mol. The van der Waals surface area contributed by atoms with Crippen molar-refractivity contribution in [3.8, 4) is 5.75 Å². The summed E-state index contributed by atoms with van der Waals surface area (Å²) in [6.07, 6.45) is 1.05. The SMILES string of the molecule is CCOc1ccccc1N(CC(=O)Nc1cccc(Cl)c1C)S(C)(=O)=O. The van der Waals surface area contributed by atoms with E-state index in [4.69, 9.17) is 16.3 Å². The molecule has 0 aliphatic heterocycles. The van der Waals surface area contributed by atoms with Gasteiger partial charge in [0.2, 0.25) is 15.9 Å². The summed E-state index contributed by atoms with van der Waals surface area (Å²) >= 11 is 6.05. The van der Waals surface area contributed by atoms with Crippen molar-refractivity contribution in [3.63, 3.8) is 0 Å². The topological polar surface area (TPSA) is 75.7 Å². The van der Waals surface area contributed by atoms with Gasteiger partial charge in [-0.05, 0) is 43.7 Å². The highest BCUT2D eigenvalue weighted by Gasteiger charge is 2.24. The Morgan fingerprint density at radius 2 is 1.88 bits per heavy atom. The number of anilines is 2. The number of sulfonamides is 1. The molecule has 0 radical (unpaired) electrons. The second-order valence-electron chi connectivity index (χ2n) is 5.63. The predicted octanol–water partition coefficient (Wildman–Crippen LogP) is 3.45. The van der Waals surface area contributed by atoms with Crippen LogP contribution in [0.1, 0.15) is 12.5 Å². The molecule has 0 spiro atoms. The number of carbonyl (C=O) groups excluding carboxylic acids is 1. The molecule has 0 fully saturated rings. The lowest BCUT2D eigenvalue weighted by Crippen LogP contribution is -2.37. The molecule has 2 aromatic carbocycles. The number of halogens is 1. The maximum absolute atomic E-state index is 12.5. The molecule has 0 bridgehead atoms. The molecule has 0 aliphatic rings. The van der Waals surface area contributed by atoms with Gasteiger partial charge in [0.25, 0.3) is 0 Å². The Kier molecular flexibility index (Phi) is 6.50. The van der Waals surface area contributed by atoms with Crippen LogP contribution in [0.5, 0.6) is 5.75 Å². The third-order valence-corrected chi connectivity index (χ3v) is 5.20. The van der Waals surface area contributed by atoms with E-state index in [9.17, 15) is 13.2 Å². The Balaban J connectivity index is 2.30. The van der Waals surface area contributed by atoms with Crippen molar-refractivity contribution in [2.45, 2.75) is 13.8 Å². The highest BCUT2D eigenvalue weighted by Crippen LogP contribution is 2.30. The van der Waals surface area contributed by atoms with Gasteiger partial charge in [-0.2, -0.15) is 0 Å². The smallest absolute Gasteiger partial charge is 0.245 e. The van der Waals surface area contributed by atoms with Crippen LogP contribution in [0.15, 0.2) is 42.5 Å². The molecule has 0 aromatic heterocycles. The van der Waals surface area contributed by atoms with E-state index in [2.05, 4.69) is 5.32 Å². The number of nitrogens with one attached hydrogen (secondary N) is 1. The number of hydrogen-bond acceptors (Lipinski definition) is 4. The fourth-order valence-corrected chi connectivity index (χ4v) is 3.42. The summed E-state index contributed by atoms with van der Waals surface area (Å²) in [6, 6.07) is 11.8. The van der Waals surface area contributed by atoms with Crippen LogP contribution in [0.3, 0.4) is 0 Å². The molecular formula is C18H21ClN2O4S. The zero-order valence-corrected chi connectivity index (χ0v) is 16.4. The Labute approximate surface area is 158 Å². The van der Waals surface area contributed by atoms with Gasteiger partial charge in [0, 0.05) is 10.7 Å². The van der Waals surface area contributed by atoms with Crippen molar-refractivity contribution in [1.82, 2.24) is 0 Å². The van der Waals surface area contributed by atoms with Crippen LogP contribution >= 0.6 is 11.6 Å². The summed E-state index contributed by atoms with van der Waals surface area (Å²) in [4.78, 5) is 12.5. The number of para-hydroxylation sites is 2. The first-order valence-electron chi connectivity index (χ1n) is 7.98. The van der Waals surface area contributed by atoms with Crippen LogP contribution in [-0.4, -0.2) is 33.7 Å². The summed E-state index contributed by atoms with van der Waals surface area (Å²) < 4.78 is 31.0. The van der Waals surface area contributed by atoms with Gasteiger partial charge in [0.1, 0.15) is 12.3 Å². The van der Waals surface area contributed by atoms with Crippen molar-refractivity contribution >= 4 is 38.9 Å². The largest absolute Gasteiger partial charge is 0.492 e. The Morgan fingerprint density at radius 3 is 2.54 bits per heavy atom. The fourth-order valence-electron chi connectivity index (χ4n) is 2.38. The molecule has 0 saturated heterocycles. The Bertz CT molecular complexity index is 900. The summed E-state index contributed by atoms with van der Waals surface area (Å²) in [6.45, 7) is 3.57. The maximum atomic E-state index is 12.5. The van der Waals surface area contributed by atoms with Crippen molar-refractivity contribution in [1.29, 1.82) is 0 Å². The van der Waals surface area contributed by atoms with Crippen LogP contribution in [0, 0.1) is 6.92 Å². The van der Waals surface area contributed by atoms with E-state index in [1.165, 1.54) is 0 Å². The highest BCUT2D eigenvalue weighted by molar-refractivity contribution is 7.92. The first-order valence-corrected chi connectivity index (χ1v) is 10.2. The number of carbonyl (C=O) groups is 1. The van der Waals surface area contributed by atoms with Crippen LogP contribution in [0.2, 0.25) is 5.02 Å². The van der Waals surface area contributed by atoms with Gasteiger partial charge in [-0.15, -0.1) is 0 Å². The highest BCUT2D eigenvalue weighted by atomic mass is 35.5. The van der Waals surface area contributed by atoms with Crippen LogP contribution < -0.4 is 14.4 Å². The number of hydrogen-bond donors (Lipinski definition) is 1. The minimum atomic E-state index is -3.70. The van der Waals surface area contributed by atoms with E-state index in [0.29, 0.717) is 34.3 Å². The van der Waals surface area contributed by atoms with Gasteiger partial charge in [-0.25, -0.2) is 8.42 Å². The lowest BCUT2D eigenvalue weighted by molar-refractivity contribution is -0.114. The third kappa shape index (κ3) is 4.89. The fraction of sp³-hybridized carbons (Fsp3) is 0.278. The van der Waals surface area contributed by atoms with Crippen LogP contribution in [0.4, 0.5) is 11.4 Å². The molecule has 0 heterocycles. The molecular weight excluding hydrogens is 376 g/mol. The standard InChI is InChI=1S/C18H21ClN2O4S/c1-4-25-17-11-6-5-10-16(17)21(26(3,23)24)12-18(22)20-15-9-7-8-14(19)13(15)2/h5-11H,4,12H2,1-3H3,(H,20,22). The van der Waals surface area contributed by atoms with Crippen LogP contribution in [-0.2, 0) is 14.8 Å². The minimum Gasteiger partial charge on any atom is -0.492 e. The Hall–Kier alpha value is -2.25. The van der Waals surface area contributed by atoms with E-state index in [-0.39, 0.29) is 6.54 Å². The minimum absolute atomic E-state index is 0.315. The number of rotatable bonds is 7. The molecule has 2 aromatic rings. The average Bonchev–Trinajstić information content (AvgIpc) is 2.57. The zero-order valence-electron chi connectivity index (χ0n) is 14.8. The van der Waals surface area contributed by atoms with Crippen molar-refractivity contribution < 1.29 is 17.9 Å². The van der Waals surface area contributed by atoms with E-state index < -0.39 is 15.9 Å². The van der Waals surface area contributed by atoms with Crippen molar-refractivity contribution in [3.05, 3.63) is 53.1 Å². The summed E-state index contributed by atoms with van der Waals surface area (Å²) in [5.41, 5.74) is 1.56. The lowest BCUT2D eigenvalue weighted by atomic mass is 10.2. The molecule has 2 rings (SSSR count). The molecule has 0 aliphatic carbocycles. The van der Waals surface area contributed by atoms with Gasteiger partial charge in [-0.1, -0.05) is 29.8 Å². The van der Waals surface area contributed by atoms with E-state index >= 15 is 0 Å². The van der Waals surface area contributed by atoms with E-state index in [1.54, 1.807) is 56.3 Å². The number of benzene rings is 2. The van der Waals surface area contributed by atoms with E-state index in [1.807, 2.05) is 0 Å².